The van der Waals surface area contributed by atoms with Crippen LogP contribution in [0.4, 0.5) is 5.69 Å². The highest BCUT2D eigenvalue weighted by molar-refractivity contribution is 7.17. The van der Waals surface area contributed by atoms with Gasteiger partial charge in [-0.25, -0.2) is 4.98 Å². The molecule has 1 aromatic heterocycles. The number of nitrogens with zero attached hydrogens (tertiary/aromatic N) is 1. The van der Waals surface area contributed by atoms with Gasteiger partial charge in [-0.15, -0.1) is 11.3 Å². The van der Waals surface area contributed by atoms with Crippen LogP contribution in [0.3, 0.4) is 0 Å². The van der Waals surface area contributed by atoms with Gasteiger partial charge >= 0.3 is 0 Å². The summed E-state index contributed by atoms with van der Waals surface area (Å²) in [5.41, 5.74) is 4.75. The quantitative estimate of drug-likeness (QED) is 0.719. The Labute approximate surface area is 151 Å². The molecule has 0 atom stereocenters. The number of benzene rings is 2. The normalized spacial score (nSPS) is 10.6. The molecule has 4 nitrogen and oxygen atoms in total. The molecule has 0 radical (unpaired) electrons. The second-order valence-electron chi connectivity index (χ2n) is 5.93. The summed E-state index contributed by atoms with van der Waals surface area (Å²) in [5, 5.41) is 3.81. The van der Waals surface area contributed by atoms with Crippen LogP contribution >= 0.6 is 11.3 Å². The average Bonchev–Trinajstić information content (AvgIpc) is 2.99. The van der Waals surface area contributed by atoms with Gasteiger partial charge in [0, 0.05) is 11.3 Å². The number of methoxy groups -OCH3 is 1. The summed E-state index contributed by atoms with van der Waals surface area (Å²) in [4.78, 5) is 17.8. The number of thiazole rings is 1. The second-order valence-corrected chi connectivity index (χ2v) is 6.93. The third-order valence-electron chi connectivity index (χ3n) is 3.97. The van der Waals surface area contributed by atoms with Crippen molar-refractivity contribution in [3.05, 3.63) is 64.2 Å². The summed E-state index contributed by atoms with van der Waals surface area (Å²) >= 11 is 1.40. The standard InChI is InChI=1S/C20H20N2O2S/c1-12-5-10-17(13(2)11-12)22-19(23)18-14(3)21-20(25-18)15-6-8-16(24-4)9-7-15/h5-11H,1-4H3,(H,22,23). The second kappa shape index (κ2) is 7.07. The predicted octanol–water partition coefficient (Wildman–Crippen LogP) is 5.00. The number of aromatic nitrogens is 1. The van der Waals surface area contributed by atoms with Crippen molar-refractivity contribution in [1.29, 1.82) is 0 Å². The number of aryl methyl sites for hydroxylation is 3. The van der Waals surface area contributed by atoms with Crippen LogP contribution in [0.25, 0.3) is 10.6 Å². The summed E-state index contributed by atoms with van der Waals surface area (Å²) in [6.45, 7) is 5.89. The van der Waals surface area contributed by atoms with E-state index in [4.69, 9.17) is 4.74 Å². The third kappa shape index (κ3) is 3.72. The zero-order valence-corrected chi connectivity index (χ0v) is 15.5. The average molecular weight is 352 g/mol. The Kier molecular flexibility index (Phi) is 4.86. The molecule has 0 aliphatic heterocycles. The smallest absolute Gasteiger partial charge is 0.267 e. The van der Waals surface area contributed by atoms with Gasteiger partial charge in [-0.2, -0.15) is 0 Å². The van der Waals surface area contributed by atoms with Crippen LogP contribution in [-0.2, 0) is 0 Å². The Morgan fingerprint density at radius 1 is 1.08 bits per heavy atom. The molecule has 1 N–H and O–H groups in total. The van der Waals surface area contributed by atoms with E-state index < -0.39 is 0 Å². The van der Waals surface area contributed by atoms with Crippen molar-refractivity contribution in [2.75, 3.05) is 12.4 Å². The van der Waals surface area contributed by atoms with Crippen LogP contribution in [0.5, 0.6) is 5.75 Å². The maximum atomic E-state index is 12.7. The molecule has 0 saturated heterocycles. The summed E-state index contributed by atoms with van der Waals surface area (Å²) in [5.74, 6) is 0.673. The number of hydrogen-bond acceptors (Lipinski definition) is 4. The van der Waals surface area contributed by atoms with Gasteiger partial charge in [0.15, 0.2) is 0 Å². The van der Waals surface area contributed by atoms with Gasteiger partial charge in [-0.05, 0) is 56.7 Å². The van der Waals surface area contributed by atoms with E-state index in [-0.39, 0.29) is 5.91 Å². The highest BCUT2D eigenvalue weighted by Gasteiger charge is 2.17. The lowest BCUT2D eigenvalue weighted by Gasteiger charge is -2.08. The van der Waals surface area contributed by atoms with Crippen molar-refractivity contribution < 1.29 is 9.53 Å². The minimum atomic E-state index is -0.123. The van der Waals surface area contributed by atoms with E-state index in [1.54, 1.807) is 7.11 Å². The maximum Gasteiger partial charge on any atom is 0.267 e. The molecule has 2 aromatic carbocycles. The molecular formula is C20H20N2O2S. The first-order valence-corrected chi connectivity index (χ1v) is 8.80. The SMILES string of the molecule is COc1ccc(-c2nc(C)c(C(=O)Nc3ccc(C)cc3C)s2)cc1. The first-order valence-electron chi connectivity index (χ1n) is 7.98. The van der Waals surface area contributed by atoms with Crippen LogP contribution in [0.15, 0.2) is 42.5 Å². The summed E-state index contributed by atoms with van der Waals surface area (Å²) in [7, 11) is 1.64. The summed E-state index contributed by atoms with van der Waals surface area (Å²) < 4.78 is 5.18. The molecule has 0 spiro atoms. The van der Waals surface area contributed by atoms with Crippen LogP contribution < -0.4 is 10.1 Å². The summed E-state index contributed by atoms with van der Waals surface area (Å²) in [6, 6.07) is 13.7. The monoisotopic (exact) mass is 352 g/mol. The van der Waals surface area contributed by atoms with Crippen LogP contribution in [0.1, 0.15) is 26.5 Å². The molecule has 1 amide bonds. The van der Waals surface area contributed by atoms with Crippen molar-refractivity contribution in [2.45, 2.75) is 20.8 Å². The fourth-order valence-corrected chi connectivity index (χ4v) is 3.56. The highest BCUT2D eigenvalue weighted by Crippen LogP contribution is 2.30. The summed E-state index contributed by atoms with van der Waals surface area (Å²) in [6.07, 6.45) is 0. The molecule has 3 aromatic rings. The Hall–Kier alpha value is -2.66. The largest absolute Gasteiger partial charge is 0.497 e. The molecule has 3 rings (SSSR count). The molecule has 0 aliphatic rings. The van der Waals surface area contributed by atoms with E-state index in [0.29, 0.717) is 4.88 Å². The van der Waals surface area contributed by atoms with E-state index in [1.165, 1.54) is 16.9 Å². The lowest BCUT2D eigenvalue weighted by Crippen LogP contribution is -2.12. The number of nitrogens with one attached hydrogen (secondary N) is 1. The van der Waals surface area contributed by atoms with Crippen LogP contribution in [0.2, 0.25) is 0 Å². The minimum Gasteiger partial charge on any atom is -0.497 e. The Morgan fingerprint density at radius 3 is 2.44 bits per heavy atom. The molecule has 5 heteroatoms. The Bertz CT molecular complexity index is 914. The molecule has 1 heterocycles. The lowest BCUT2D eigenvalue weighted by atomic mass is 10.1. The molecule has 0 saturated carbocycles. The van der Waals surface area contributed by atoms with E-state index in [1.807, 2.05) is 57.2 Å². The van der Waals surface area contributed by atoms with Gasteiger partial charge in [0.1, 0.15) is 15.6 Å². The van der Waals surface area contributed by atoms with Crippen molar-refractivity contribution in [3.63, 3.8) is 0 Å². The van der Waals surface area contributed by atoms with Crippen LogP contribution in [-0.4, -0.2) is 18.0 Å². The molecule has 128 valence electrons. The maximum absolute atomic E-state index is 12.7. The first-order chi connectivity index (χ1) is 12.0. The van der Waals surface area contributed by atoms with Crippen LogP contribution in [0, 0.1) is 20.8 Å². The molecular weight excluding hydrogens is 332 g/mol. The fourth-order valence-electron chi connectivity index (χ4n) is 2.60. The molecule has 25 heavy (non-hydrogen) atoms. The number of amides is 1. The van der Waals surface area contributed by atoms with Gasteiger partial charge < -0.3 is 10.1 Å². The number of rotatable bonds is 4. The van der Waals surface area contributed by atoms with Crippen molar-refractivity contribution in [2.24, 2.45) is 0 Å². The zero-order valence-electron chi connectivity index (χ0n) is 14.7. The number of anilines is 1. The van der Waals surface area contributed by atoms with Crippen molar-refractivity contribution >= 4 is 22.9 Å². The van der Waals surface area contributed by atoms with Gasteiger partial charge in [0.2, 0.25) is 0 Å². The lowest BCUT2D eigenvalue weighted by molar-refractivity contribution is 0.102. The molecule has 0 aliphatic carbocycles. The molecule has 0 fully saturated rings. The van der Waals surface area contributed by atoms with Gasteiger partial charge in [0.05, 0.1) is 12.8 Å². The molecule has 0 bridgehead atoms. The van der Waals surface area contributed by atoms with E-state index in [2.05, 4.69) is 16.4 Å². The van der Waals surface area contributed by atoms with Crippen molar-refractivity contribution in [3.8, 4) is 16.3 Å². The fraction of sp³-hybridized carbons (Fsp3) is 0.200. The third-order valence-corrected chi connectivity index (χ3v) is 5.18. The molecule has 0 unspecified atom stereocenters. The number of carbonyl (C=O) groups excluding carboxylic acids is 1. The Balaban J connectivity index is 1.84. The van der Waals surface area contributed by atoms with Crippen molar-refractivity contribution in [1.82, 2.24) is 4.98 Å². The topological polar surface area (TPSA) is 51.2 Å². The zero-order chi connectivity index (χ0) is 18.0. The predicted molar refractivity (Wildman–Crippen MR) is 103 cm³/mol. The Morgan fingerprint density at radius 2 is 1.80 bits per heavy atom. The minimum absolute atomic E-state index is 0.123. The highest BCUT2D eigenvalue weighted by atomic mass is 32.1. The van der Waals surface area contributed by atoms with E-state index in [9.17, 15) is 4.79 Å². The number of ether oxygens (including phenoxy) is 1. The van der Waals surface area contributed by atoms with E-state index >= 15 is 0 Å². The van der Waals surface area contributed by atoms with Gasteiger partial charge in [-0.3, -0.25) is 4.79 Å². The number of carbonyl (C=O) groups is 1. The van der Waals surface area contributed by atoms with E-state index in [0.717, 1.165) is 33.3 Å². The number of hydrogen-bond donors (Lipinski definition) is 1. The first kappa shape index (κ1) is 17.2. The van der Waals surface area contributed by atoms with Gasteiger partial charge in [0.25, 0.3) is 5.91 Å². The van der Waals surface area contributed by atoms with Gasteiger partial charge in [-0.1, -0.05) is 17.7 Å².